The fourth-order valence-electron chi connectivity index (χ4n) is 3.48. The molecular weight excluding hydrogens is 435 g/mol. The monoisotopic (exact) mass is 457 g/mol. The Bertz CT molecular complexity index is 1100. The maximum atomic E-state index is 12.9. The van der Waals surface area contributed by atoms with E-state index < -0.39 is 17.7 Å². The summed E-state index contributed by atoms with van der Waals surface area (Å²) in [7, 11) is 0. The summed E-state index contributed by atoms with van der Waals surface area (Å²) in [4.78, 5) is 19.0. The first-order chi connectivity index (χ1) is 15.8. The minimum absolute atomic E-state index is 0.0937. The van der Waals surface area contributed by atoms with Crippen LogP contribution in [0.3, 0.4) is 0 Å². The van der Waals surface area contributed by atoms with E-state index in [9.17, 15) is 18.0 Å². The second kappa shape index (κ2) is 10.2. The summed E-state index contributed by atoms with van der Waals surface area (Å²) in [6, 6.07) is 19.6. The van der Waals surface area contributed by atoms with E-state index in [0.29, 0.717) is 18.7 Å². The van der Waals surface area contributed by atoms with Crippen molar-refractivity contribution < 1.29 is 32.6 Å². The van der Waals surface area contributed by atoms with Crippen LogP contribution in [0, 0.1) is 5.92 Å². The van der Waals surface area contributed by atoms with Gasteiger partial charge in [-0.05, 0) is 65.9 Å². The van der Waals surface area contributed by atoms with E-state index in [1.54, 1.807) is 18.2 Å². The first-order valence-electron chi connectivity index (χ1n) is 10.1. The Morgan fingerprint density at radius 2 is 1.64 bits per heavy atom. The van der Waals surface area contributed by atoms with Crippen molar-refractivity contribution in [1.82, 2.24) is 0 Å². The molecule has 1 aliphatic carbocycles. The topological polar surface area (TPSA) is 75.6 Å². The molecule has 0 heterocycles. The van der Waals surface area contributed by atoms with E-state index in [2.05, 4.69) is 5.32 Å². The standard InChI is InChI=1S/C24H20F3NO3.CH2O/c25-24(26,27)17-4-2-6-20(12-17)31-19-5-1-3-15(11-19)14-28-18-9-7-16(8-10-18)21-13-22(21)23(29)30;1-2/h1-12,21-22,28H,13-14H2,(H,29,30);1H2. The Morgan fingerprint density at radius 1 is 1.00 bits per heavy atom. The minimum atomic E-state index is -4.42. The van der Waals surface area contributed by atoms with Gasteiger partial charge in [0.05, 0.1) is 11.5 Å². The van der Waals surface area contributed by atoms with Gasteiger partial charge in [0.1, 0.15) is 18.3 Å². The van der Waals surface area contributed by atoms with Gasteiger partial charge in [-0.25, -0.2) is 0 Å². The maximum absolute atomic E-state index is 12.9. The third kappa shape index (κ3) is 6.35. The lowest BCUT2D eigenvalue weighted by Crippen LogP contribution is -2.04. The van der Waals surface area contributed by atoms with Gasteiger partial charge in [0.15, 0.2) is 0 Å². The summed E-state index contributed by atoms with van der Waals surface area (Å²) in [5.41, 5.74) is 2.06. The third-order valence-electron chi connectivity index (χ3n) is 5.24. The lowest BCUT2D eigenvalue weighted by atomic mass is 10.1. The van der Waals surface area contributed by atoms with Gasteiger partial charge in [0.2, 0.25) is 0 Å². The van der Waals surface area contributed by atoms with Crippen molar-refractivity contribution in [3.8, 4) is 11.5 Å². The average Bonchev–Trinajstić information content (AvgIpc) is 3.61. The number of carbonyl (C=O) groups excluding carboxylic acids is 1. The molecule has 4 rings (SSSR count). The lowest BCUT2D eigenvalue weighted by molar-refractivity contribution is -0.139. The minimum Gasteiger partial charge on any atom is -0.481 e. The molecule has 1 fully saturated rings. The second-order valence-corrected chi connectivity index (χ2v) is 7.54. The Kier molecular flexibility index (Phi) is 7.37. The summed E-state index contributed by atoms with van der Waals surface area (Å²) >= 11 is 0. The molecule has 172 valence electrons. The van der Waals surface area contributed by atoms with Crippen molar-refractivity contribution >= 4 is 18.4 Å². The first kappa shape index (κ1) is 23.8. The Morgan fingerprint density at radius 3 is 2.24 bits per heavy atom. The van der Waals surface area contributed by atoms with E-state index in [-0.39, 0.29) is 17.6 Å². The van der Waals surface area contributed by atoms with Crippen molar-refractivity contribution in [2.75, 3.05) is 5.32 Å². The smallest absolute Gasteiger partial charge is 0.416 e. The van der Waals surface area contributed by atoms with E-state index in [1.165, 1.54) is 12.1 Å². The number of halogens is 3. The Balaban J connectivity index is 0.00000149. The fraction of sp³-hybridized carbons (Fsp3) is 0.200. The van der Waals surface area contributed by atoms with Gasteiger partial charge in [-0.1, -0.05) is 30.3 Å². The molecule has 33 heavy (non-hydrogen) atoms. The zero-order valence-electron chi connectivity index (χ0n) is 17.5. The molecule has 0 saturated heterocycles. The van der Waals surface area contributed by atoms with Crippen LogP contribution < -0.4 is 10.1 Å². The van der Waals surface area contributed by atoms with Crippen molar-refractivity contribution in [1.29, 1.82) is 0 Å². The molecule has 2 N–H and O–H groups in total. The molecule has 5 nitrogen and oxygen atoms in total. The van der Waals surface area contributed by atoms with Gasteiger partial charge in [0.25, 0.3) is 0 Å². The zero-order chi connectivity index (χ0) is 24.0. The number of ether oxygens (including phenoxy) is 1. The molecule has 0 spiro atoms. The van der Waals surface area contributed by atoms with Crippen molar-refractivity contribution in [2.45, 2.75) is 25.1 Å². The largest absolute Gasteiger partial charge is 0.481 e. The van der Waals surface area contributed by atoms with Crippen molar-refractivity contribution in [2.24, 2.45) is 5.92 Å². The van der Waals surface area contributed by atoms with Gasteiger partial charge in [-0.15, -0.1) is 0 Å². The average molecular weight is 457 g/mol. The Labute approximate surface area is 188 Å². The van der Waals surface area contributed by atoms with Crippen LogP contribution in [-0.2, 0) is 22.3 Å². The van der Waals surface area contributed by atoms with Crippen LogP contribution >= 0.6 is 0 Å². The number of alkyl halides is 3. The number of carboxylic acid groups (broad SMARTS) is 1. The maximum Gasteiger partial charge on any atom is 0.416 e. The van der Waals surface area contributed by atoms with Crippen molar-refractivity contribution in [3.05, 3.63) is 89.5 Å². The molecule has 1 aliphatic rings. The number of hydrogen-bond donors (Lipinski definition) is 2. The van der Waals surface area contributed by atoms with E-state index in [0.717, 1.165) is 28.9 Å². The molecule has 0 bridgehead atoms. The van der Waals surface area contributed by atoms with Crippen molar-refractivity contribution in [3.63, 3.8) is 0 Å². The molecule has 8 heteroatoms. The highest BCUT2D eigenvalue weighted by Crippen LogP contribution is 2.47. The molecule has 0 radical (unpaired) electrons. The highest BCUT2D eigenvalue weighted by Gasteiger charge is 2.44. The van der Waals surface area contributed by atoms with Gasteiger partial charge in [-0.3, -0.25) is 4.79 Å². The normalized spacial score (nSPS) is 16.8. The molecule has 0 amide bonds. The predicted octanol–water partition coefficient (Wildman–Crippen LogP) is 6.11. The molecule has 1 saturated carbocycles. The van der Waals surface area contributed by atoms with Crippen LogP contribution in [0.25, 0.3) is 0 Å². The van der Waals surface area contributed by atoms with Gasteiger partial charge >= 0.3 is 12.1 Å². The quantitative estimate of drug-likeness (QED) is 0.448. The molecule has 0 aromatic heterocycles. The molecule has 3 aromatic carbocycles. The number of benzene rings is 3. The highest BCUT2D eigenvalue weighted by atomic mass is 19.4. The van der Waals surface area contributed by atoms with Crippen LogP contribution in [0.2, 0.25) is 0 Å². The van der Waals surface area contributed by atoms with Crippen LogP contribution in [0.1, 0.15) is 29.0 Å². The third-order valence-corrected chi connectivity index (χ3v) is 5.24. The Hall–Kier alpha value is -3.81. The van der Waals surface area contributed by atoms with Gasteiger partial charge < -0.3 is 20.0 Å². The lowest BCUT2D eigenvalue weighted by Gasteiger charge is -2.12. The first-order valence-corrected chi connectivity index (χ1v) is 10.1. The summed E-state index contributed by atoms with van der Waals surface area (Å²) in [6.07, 6.45) is -3.74. The van der Waals surface area contributed by atoms with E-state index >= 15 is 0 Å². The van der Waals surface area contributed by atoms with Gasteiger partial charge in [0, 0.05) is 12.2 Å². The molecule has 2 unspecified atom stereocenters. The van der Waals surface area contributed by atoms with Crippen LogP contribution in [-0.4, -0.2) is 17.9 Å². The van der Waals surface area contributed by atoms with E-state index in [1.807, 2.05) is 37.1 Å². The van der Waals surface area contributed by atoms with E-state index in [4.69, 9.17) is 14.6 Å². The molecule has 0 aliphatic heterocycles. The summed E-state index contributed by atoms with van der Waals surface area (Å²) in [6.45, 7) is 2.50. The summed E-state index contributed by atoms with van der Waals surface area (Å²) in [5.74, 6) is -0.369. The highest BCUT2D eigenvalue weighted by molar-refractivity contribution is 5.75. The van der Waals surface area contributed by atoms with Crippen LogP contribution in [0.4, 0.5) is 18.9 Å². The summed E-state index contributed by atoms with van der Waals surface area (Å²) in [5, 5.41) is 12.3. The fourth-order valence-corrected chi connectivity index (χ4v) is 3.48. The number of hydrogen-bond acceptors (Lipinski definition) is 4. The number of rotatable bonds is 7. The second-order valence-electron chi connectivity index (χ2n) is 7.54. The number of carbonyl (C=O) groups is 2. The number of anilines is 1. The number of carboxylic acids is 1. The number of aliphatic carboxylic acids is 1. The zero-order valence-corrected chi connectivity index (χ0v) is 17.5. The molecule has 3 aromatic rings. The van der Waals surface area contributed by atoms with Crippen LogP contribution in [0.15, 0.2) is 72.8 Å². The summed E-state index contributed by atoms with van der Waals surface area (Å²) < 4.78 is 44.2. The number of nitrogens with one attached hydrogen (secondary N) is 1. The predicted molar refractivity (Wildman–Crippen MR) is 117 cm³/mol. The van der Waals surface area contributed by atoms with Gasteiger partial charge in [-0.2, -0.15) is 13.2 Å². The molecular formula is C25H22F3NO4. The molecule has 2 atom stereocenters. The van der Waals surface area contributed by atoms with Crippen LogP contribution in [0.5, 0.6) is 11.5 Å². The SMILES string of the molecule is C=O.O=C(O)C1CC1c1ccc(NCc2cccc(Oc3cccc(C(F)(F)F)c3)c2)cc1.